The van der Waals surface area contributed by atoms with Crippen LogP contribution in [-0.4, -0.2) is 24.0 Å². The van der Waals surface area contributed by atoms with Crippen molar-refractivity contribution in [1.82, 2.24) is 5.32 Å². The third-order valence-corrected chi connectivity index (χ3v) is 1.02. The highest BCUT2D eigenvalue weighted by molar-refractivity contribution is 7.81. The first-order valence-corrected chi connectivity index (χ1v) is 3.06. The predicted octanol–water partition coefficient (Wildman–Crippen LogP) is -0.380. The Balaban J connectivity index is 3.26. The van der Waals surface area contributed by atoms with Gasteiger partial charge in [0.1, 0.15) is 6.29 Å². The van der Waals surface area contributed by atoms with E-state index in [4.69, 9.17) is 0 Å². The fourth-order valence-corrected chi connectivity index (χ4v) is 0.388. The molecule has 52 valence electrons. The lowest BCUT2D eigenvalue weighted by Crippen LogP contribution is -2.28. The highest BCUT2D eigenvalue weighted by Gasteiger charge is 1.98. The number of carbonyl (C=O) groups is 2. The molecule has 0 saturated heterocycles. The van der Waals surface area contributed by atoms with Crippen molar-refractivity contribution >= 4 is 24.8 Å². The first-order chi connectivity index (χ1) is 4.16. The molecule has 0 aliphatic rings. The molecule has 9 heavy (non-hydrogen) atoms. The fourth-order valence-electron chi connectivity index (χ4n) is 0.296. The van der Waals surface area contributed by atoms with Crippen LogP contribution < -0.4 is 5.32 Å². The van der Waals surface area contributed by atoms with Gasteiger partial charge in [0.05, 0.1) is 5.25 Å². The minimum absolute atomic E-state index is 0.143. The summed E-state index contributed by atoms with van der Waals surface area (Å²) in [6, 6.07) is 0. The zero-order chi connectivity index (χ0) is 7.28. The predicted molar refractivity (Wildman–Crippen MR) is 37.5 cm³/mol. The summed E-state index contributed by atoms with van der Waals surface area (Å²) in [4.78, 5) is 20.1. The highest BCUT2D eigenvalue weighted by atomic mass is 32.1. The number of aldehydes is 1. The molecule has 4 heteroatoms. The van der Waals surface area contributed by atoms with Crippen molar-refractivity contribution < 1.29 is 9.59 Å². The molecule has 0 aliphatic carbocycles. The van der Waals surface area contributed by atoms with E-state index in [-0.39, 0.29) is 11.2 Å². The third-order valence-electron chi connectivity index (χ3n) is 0.717. The van der Waals surface area contributed by atoms with Gasteiger partial charge in [-0.15, -0.1) is 0 Å². The van der Waals surface area contributed by atoms with Crippen molar-refractivity contribution in [3.05, 3.63) is 0 Å². The van der Waals surface area contributed by atoms with E-state index in [1.54, 1.807) is 0 Å². The third kappa shape index (κ3) is 5.36. The smallest absolute Gasteiger partial charge is 0.216 e. The lowest BCUT2D eigenvalue weighted by Gasteiger charge is -2.01. The van der Waals surface area contributed by atoms with E-state index < -0.39 is 0 Å². The average Bonchev–Trinajstić information content (AvgIpc) is 1.83. The Kier molecular flexibility index (Phi) is 4.13. The van der Waals surface area contributed by atoms with Gasteiger partial charge in [-0.25, -0.2) is 0 Å². The Labute approximate surface area is 59.2 Å². The maximum absolute atomic E-state index is 10.2. The van der Waals surface area contributed by atoms with Crippen molar-refractivity contribution in [1.29, 1.82) is 0 Å². The van der Waals surface area contributed by atoms with Gasteiger partial charge in [-0.3, -0.25) is 4.79 Å². The molecule has 0 rings (SSSR count). The average molecular weight is 147 g/mol. The first kappa shape index (κ1) is 8.49. The number of rotatable bonds is 3. The second-order valence-electron chi connectivity index (χ2n) is 1.64. The summed E-state index contributed by atoms with van der Waals surface area (Å²) in [5.74, 6) is -0.143. The number of hydrogen-bond acceptors (Lipinski definition) is 3. The van der Waals surface area contributed by atoms with Crippen LogP contribution in [0.4, 0.5) is 0 Å². The summed E-state index contributed by atoms with van der Waals surface area (Å²) in [5.41, 5.74) is 0. The summed E-state index contributed by atoms with van der Waals surface area (Å²) in [7, 11) is 0. The second-order valence-corrected chi connectivity index (χ2v) is 2.30. The summed E-state index contributed by atoms with van der Waals surface area (Å²) in [6.45, 7) is 1.70. The van der Waals surface area contributed by atoms with Gasteiger partial charge < -0.3 is 10.1 Å². The van der Waals surface area contributed by atoms with Crippen LogP contribution in [0.2, 0.25) is 0 Å². The van der Waals surface area contributed by atoms with Gasteiger partial charge >= 0.3 is 0 Å². The molecule has 0 bridgehead atoms. The van der Waals surface area contributed by atoms with E-state index in [9.17, 15) is 9.59 Å². The van der Waals surface area contributed by atoms with E-state index >= 15 is 0 Å². The molecule has 0 aromatic rings. The first-order valence-electron chi connectivity index (χ1n) is 2.54. The highest BCUT2D eigenvalue weighted by Crippen LogP contribution is 1.85. The van der Waals surface area contributed by atoms with Crippen molar-refractivity contribution in [3.63, 3.8) is 0 Å². The standard InChI is InChI=1S/C5H9NO2S/c1-4(8)6-2-5(9)3-7/h3,5,9H,2H2,1H3,(H,6,8). The molecule has 3 nitrogen and oxygen atoms in total. The van der Waals surface area contributed by atoms with Crippen LogP contribution in [0.3, 0.4) is 0 Å². The topological polar surface area (TPSA) is 46.2 Å². The molecule has 0 fully saturated rings. The van der Waals surface area contributed by atoms with Crippen LogP contribution in [0.5, 0.6) is 0 Å². The van der Waals surface area contributed by atoms with E-state index in [2.05, 4.69) is 17.9 Å². The molecule has 1 N–H and O–H groups in total. The molecule has 0 saturated carbocycles. The molecular weight excluding hydrogens is 138 g/mol. The quantitative estimate of drug-likeness (QED) is 0.422. The van der Waals surface area contributed by atoms with Gasteiger partial charge in [0, 0.05) is 13.5 Å². The largest absolute Gasteiger partial charge is 0.355 e. The number of carbonyl (C=O) groups excluding carboxylic acids is 2. The van der Waals surface area contributed by atoms with E-state index in [1.807, 2.05) is 0 Å². The van der Waals surface area contributed by atoms with Gasteiger partial charge in [0.15, 0.2) is 0 Å². The number of hydrogen-bond donors (Lipinski definition) is 2. The molecule has 1 amide bonds. The Bertz CT molecular complexity index is 116. The van der Waals surface area contributed by atoms with Crippen molar-refractivity contribution in [2.75, 3.05) is 6.54 Å². The van der Waals surface area contributed by atoms with E-state index in [0.29, 0.717) is 12.8 Å². The lowest BCUT2D eigenvalue weighted by molar-refractivity contribution is -0.118. The van der Waals surface area contributed by atoms with Crippen molar-refractivity contribution in [2.24, 2.45) is 0 Å². The monoisotopic (exact) mass is 147 g/mol. The van der Waals surface area contributed by atoms with Crippen LogP contribution in [0.15, 0.2) is 0 Å². The van der Waals surface area contributed by atoms with Crippen LogP contribution in [-0.2, 0) is 9.59 Å². The molecule has 0 aromatic heterocycles. The van der Waals surface area contributed by atoms with Crippen LogP contribution >= 0.6 is 12.6 Å². The maximum atomic E-state index is 10.2. The molecule has 0 heterocycles. The minimum Gasteiger partial charge on any atom is -0.355 e. The van der Waals surface area contributed by atoms with Gasteiger partial charge in [-0.2, -0.15) is 12.6 Å². The normalized spacial score (nSPS) is 12.2. The fraction of sp³-hybridized carbons (Fsp3) is 0.600. The molecular formula is C5H9NO2S. The van der Waals surface area contributed by atoms with Gasteiger partial charge in [-0.05, 0) is 0 Å². The lowest BCUT2D eigenvalue weighted by atomic mass is 10.4. The van der Waals surface area contributed by atoms with Gasteiger partial charge in [0.25, 0.3) is 0 Å². The Morgan fingerprint density at radius 3 is 2.78 bits per heavy atom. The SMILES string of the molecule is CC(=O)NCC(S)C=O. The molecule has 0 aliphatic heterocycles. The Morgan fingerprint density at radius 1 is 1.89 bits per heavy atom. The summed E-state index contributed by atoms with van der Waals surface area (Å²) < 4.78 is 0. The van der Waals surface area contributed by atoms with Crippen molar-refractivity contribution in [2.45, 2.75) is 12.2 Å². The van der Waals surface area contributed by atoms with Crippen LogP contribution in [0.25, 0.3) is 0 Å². The van der Waals surface area contributed by atoms with Crippen LogP contribution in [0, 0.1) is 0 Å². The van der Waals surface area contributed by atoms with E-state index in [0.717, 1.165) is 0 Å². The van der Waals surface area contributed by atoms with Crippen LogP contribution in [0.1, 0.15) is 6.92 Å². The summed E-state index contributed by atoms with van der Waals surface area (Å²) >= 11 is 3.82. The molecule has 0 spiro atoms. The second kappa shape index (κ2) is 4.38. The molecule has 0 radical (unpaired) electrons. The number of thiol groups is 1. The molecule has 1 unspecified atom stereocenters. The van der Waals surface area contributed by atoms with Gasteiger partial charge in [-0.1, -0.05) is 0 Å². The molecule has 1 atom stereocenters. The van der Waals surface area contributed by atoms with Gasteiger partial charge in [0.2, 0.25) is 5.91 Å². The van der Waals surface area contributed by atoms with E-state index in [1.165, 1.54) is 6.92 Å². The Morgan fingerprint density at radius 2 is 2.44 bits per heavy atom. The summed E-state index contributed by atoms with van der Waals surface area (Å²) in [5, 5.41) is 2.07. The summed E-state index contributed by atoms with van der Waals surface area (Å²) in [6.07, 6.45) is 0.680. The number of nitrogens with one attached hydrogen (secondary N) is 1. The number of amides is 1. The zero-order valence-electron chi connectivity index (χ0n) is 5.13. The minimum atomic E-state index is -0.381. The van der Waals surface area contributed by atoms with Crippen molar-refractivity contribution in [3.8, 4) is 0 Å². The zero-order valence-corrected chi connectivity index (χ0v) is 6.02. The Hall–Kier alpha value is -0.510. The molecule has 0 aromatic carbocycles. The maximum Gasteiger partial charge on any atom is 0.216 e.